The Bertz CT molecular complexity index is 804. The number of anilines is 2. The van der Waals surface area contributed by atoms with Crippen LogP contribution in [0.15, 0.2) is 42.5 Å². The van der Waals surface area contributed by atoms with E-state index >= 15 is 0 Å². The van der Waals surface area contributed by atoms with Crippen molar-refractivity contribution in [1.29, 1.82) is 0 Å². The predicted octanol–water partition coefficient (Wildman–Crippen LogP) is 1.06. The fourth-order valence-corrected chi connectivity index (χ4v) is 3.39. The van der Waals surface area contributed by atoms with Gasteiger partial charge in [-0.1, -0.05) is 6.07 Å². The lowest BCUT2D eigenvalue weighted by Gasteiger charge is -2.33. The van der Waals surface area contributed by atoms with Crippen LogP contribution >= 0.6 is 0 Å². The lowest BCUT2D eigenvalue weighted by Crippen LogP contribution is -3.15. The van der Waals surface area contributed by atoms with E-state index in [0.717, 1.165) is 37.6 Å². The second-order valence-electron chi connectivity index (χ2n) is 6.73. The molecular weight excluding hydrogens is 358 g/mol. The fraction of sp³-hybridized carbons (Fsp3) is 0.381. The topological polar surface area (TPSA) is 64.5 Å². The number of methoxy groups -OCH3 is 3. The van der Waals surface area contributed by atoms with Gasteiger partial charge < -0.3 is 29.3 Å². The van der Waals surface area contributed by atoms with Crippen molar-refractivity contribution < 1.29 is 23.9 Å². The van der Waals surface area contributed by atoms with Crippen molar-refractivity contribution in [2.45, 2.75) is 0 Å². The largest absolute Gasteiger partial charge is 0.497 e. The second kappa shape index (κ2) is 9.32. The zero-order chi connectivity index (χ0) is 19.9. The standard InChI is InChI=1S/C21H27N3O4/c1-26-17-6-4-5-16(13-17)24-11-9-23(10-12-24)15-21(25)22-19-8-7-18(27-2)14-20(19)28-3/h4-8,13-14H,9-12,15H2,1-3H3,(H,22,25)/p+1. The number of carbonyl (C=O) groups excluding carboxylic acids is 1. The molecule has 1 aliphatic heterocycles. The molecule has 0 saturated carbocycles. The predicted molar refractivity (Wildman–Crippen MR) is 109 cm³/mol. The van der Waals surface area contributed by atoms with E-state index in [4.69, 9.17) is 14.2 Å². The van der Waals surface area contributed by atoms with Gasteiger partial charge in [0.25, 0.3) is 5.91 Å². The van der Waals surface area contributed by atoms with E-state index in [2.05, 4.69) is 16.3 Å². The number of quaternary nitrogens is 1. The molecule has 0 spiro atoms. The summed E-state index contributed by atoms with van der Waals surface area (Å²) in [6.45, 7) is 4.05. The molecule has 7 heteroatoms. The molecule has 0 bridgehead atoms. The number of amides is 1. The van der Waals surface area contributed by atoms with Gasteiger partial charge in [-0.3, -0.25) is 4.79 Å². The van der Waals surface area contributed by atoms with Crippen molar-refractivity contribution in [3.8, 4) is 17.2 Å². The van der Waals surface area contributed by atoms with E-state index in [1.54, 1.807) is 39.5 Å². The molecule has 28 heavy (non-hydrogen) atoms. The van der Waals surface area contributed by atoms with Gasteiger partial charge in [-0.25, -0.2) is 0 Å². The number of nitrogens with zero attached hydrogens (tertiary/aromatic N) is 1. The molecule has 7 nitrogen and oxygen atoms in total. The van der Waals surface area contributed by atoms with Crippen LogP contribution < -0.4 is 29.3 Å². The van der Waals surface area contributed by atoms with Crippen LogP contribution in [0.2, 0.25) is 0 Å². The van der Waals surface area contributed by atoms with Crippen LogP contribution in [0.25, 0.3) is 0 Å². The maximum atomic E-state index is 12.5. The van der Waals surface area contributed by atoms with Crippen molar-refractivity contribution in [1.82, 2.24) is 0 Å². The van der Waals surface area contributed by atoms with Gasteiger partial charge >= 0.3 is 0 Å². The third-order valence-corrected chi connectivity index (χ3v) is 4.98. The summed E-state index contributed by atoms with van der Waals surface area (Å²) in [7, 11) is 4.85. The van der Waals surface area contributed by atoms with Gasteiger partial charge in [-0.2, -0.15) is 0 Å². The highest BCUT2D eigenvalue weighted by molar-refractivity contribution is 5.93. The first kappa shape index (κ1) is 19.8. The first-order valence-electron chi connectivity index (χ1n) is 9.37. The summed E-state index contributed by atoms with van der Waals surface area (Å²) in [5.74, 6) is 2.12. The molecule has 2 aromatic carbocycles. The van der Waals surface area contributed by atoms with Gasteiger partial charge in [0.05, 0.1) is 53.2 Å². The fourth-order valence-electron chi connectivity index (χ4n) is 3.39. The van der Waals surface area contributed by atoms with Crippen LogP contribution in [0.4, 0.5) is 11.4 Å². The van der Waals surface area contributed by atoms with E-state index in [1.165, 1.54) is 4.90 Å². The number of ether oxygens (including phenoxy) is 3. The highest BCUT2D eigenvalue weighted by Crippen LogP contribution is 2.28. The Morgan fingerprint density at radius 3 is 2.39 bits per heavy atom. The Morgan fingerprint density at radius 2 is 1.71 bits per heavy atom. The zero-order valence-electron chi connectivity index (χ0n) is 16.7. The molecule has 0 atom stereocenters. The number of carbonyl (C=O) groups is 1. The molecule has 1 aliphatic rings. The smallest absolute Gasteiger partial charge is 0.279 e. The zero-order valence-corrected chi connectivity index (χ0v) is 16.7. The lowest BCUT2D eigenvalue weighted by atomic mass is 10.2. The van der Waals surface area contributed by atoms with Crippen LogP contribution in [0.5, 0.6) is 17.2 Å². The molecule has 1 fully saturated rings. The van der Waals surface area contributed by atoms with E-state index in [1.807, 2.05) is 18.2 Å². The molecule has 0 unspecified atom stereocenters. The Kier molecular flexibility index (Phi) is 6.60. The number of rotatable bonds is 7. The highest BCUT2D eigenvalue weighted by atomic mass is 16.5. The molecule has 2 N–H and O–H groups in total. The van der Waals surface area contributed by atoms with Crippen molar-refractivity contribution >= 4 is 17.3 Å². The van der Waals surface area contributed by atoms with Gasteiger partial charge in [-0.15, -0.1) is 0 Å². The molecule has 0 aliphatic carbocycles. The molecule has 0 radical (unpaired) electrons. The van der Waals surface area contributed by atoms with Gasteiger partial charge in [-0.05, 0) is 24.3 Å². The van der Waals surface area contributed by atoms with Crippen molar-refractivity contribution in [2.24, 2.45) is 0 Å². The average molecular weight is 386 g/mol. The summed E-state index contributed by atoms with van der Waals surface area (Å²) in [5.41, 5.74) is 1.81. The van der Waals surface area contributed by atoms with Gasteiger partial charge in [0.2, 0.25) is 0 Å². The van der Waals surface area contributed by atoms with Crippen molar-refractivity contribution in [3.05, 3.63) is 42.5 Å². The van der Waals surface area contributed by atoms with Crippen LogP contribution in [-0.2, 0) is 4.79 Å². The quantitative estimate of drug-likeness (QED) is 0.745. The molecule has 1 amide bonds. The monoisotopic (exact) mass is 386 g/mol. The molecule has 3 rings (SSSR count). The third kappa shape index (κ3) is 4.86. The molecule has 150 valence electrons. The van der Waals surface area contributed by atoms with Crippen LogP contribution in [0, 0.1) is 0 Å². The number of benzene rings is 2. The molecule has 1 heterocycles. The molecule has 1 saturated heterocycles. The first-order chi connectivity index (χ1) is 13.6. The van der Waals surface area contributed by atoms with Gasteiger partial charge in [0.15, 0.2) is 6.54 Å². The summed E-state index contributed by atoms with van der Waals surface area (Å²) in [6.07, 6.45) is 0. The Morgan fingerprint density at radius 1 is 1.00 bits per heavy atom. The number of piperazine rings is 1. The van der Waals surface area contributed by atoms with Crippen molar-refractivity contribution in [2.75, 3.05) is 64.3 Å². The van der Waals surface area contributed by atoms with Crippen LogP contribution in [0.1, 0.15) is 0 Å². The first-order valence-corrected chi connectivity index (χ1v) is 9.37. The van der Waals surface area contributed by atoms with E-state index in [0.29, 0.717) is 23.7 Å². The SMILES string of the molecule is COc1cccc(N2CC[NH+](CC(=O)Nc3ccc(OC)cc3OC)CC2)c1. The van der Waals surface area contributed by atoms with Gasteiger partial charge in [0.1, 0.15) is 17.2 Å². The molecular formula is C21H28N3O4+. The number of hydrogen-bond donors (Lipinski definition) is 2. The highest BCUT2D eigenvalue weighted by Gasteiger charge is 2.23. The normalized spacial score (nSPS) is 14.5. The number of nitrogens with one attached hydrogen (secondary N) is 2. The minimum atomic E-state index is -0.0201. The Hall–Kier alpha value is -2.93. The van der Waals surface area contributed by atoms with Crippen LogP contribution in [-0.4, -0.2) is 60.0 Å². The summed E-state index contributed by atoms with van der Waals surface area (Å²) in [5, 5.41) is 2.95. The third-order valence-electron chi connectivity index (χ3n) is 4.98. The minimum Gasteiger partial charge on any atom is -0.497 e. The summed E-state index contributed by atoms with van der Waals surface area (Å²) in [6, 6.07) is 13.5. The van der Waals surface area contributed by atoms with E-state index in [-0.39, 0.29) is 5.91 Å². The summed E-state index contributed by atoms with van der Waals surface area (Å²) >= 11 is 0. The summed E-state index contributed by atoms with van der Waals surface area (Å²) in [4.78, 5) is 16.1. The lowest BCUT2D eigenvalue weighted by molar-refractivity contribution is -0.892. The average Bonchev–Trinajstić information content (AvgIpc) is 2.74. The number of hydrogen-bond acceptors (Lipinski definition) is 5. The van der Waals surface area contributed by atoms with Crippen LogP contribution in [0.3, 0.4) is 0 Å². The summed E-state index contributed by atoms with van der Waals surface area (Å²) < 4.78 is 15.8. The maximum Gasteiger partial charge on any atom is 0.279 e. The molecule has 2 aromatic rings. The molecule has 0 aromatic heterocycles. The van der Waals surface area contributed by atoms with Gasteiger partial charge in [0, 0.05) is 17.8 Å². The van der Waals surface area contributed by atoms with Crippen molar-refractivity contribution in [3.63, 3.8) is 0 Å². The Labute approximate surface area is 165 Å². The van der Waals surface area contributed by atoms with E-state index in [9.17, 15) is 4.79 Å². The second-order valence-corrected chi connectivity index (χ2v) is 6.73. The van der Waals surface area contributed by atoms with E-state index < -0.39 is 0 Å². The minimum absolute atomic E-state index is 0.0201. The maximum absolute atomic E-state index is 12.5. The Balaban J connectivity index is 1.52.